The molecule has 0 saturated heterocycles. The fourth-order valence-corrected chi connectivity index (χ4v) is 2.05. The Morgan fingerprint density at radius 2 is 2.07 bits per heavy atom. The van der Waals surface area contributed by atoms with Gasteiger partial charge in [0.2, 0.25) is 9.05 Å². The van der Waals surface area contributed by atoms with Crippen LogP contribution in [0, 0.1) is 12.7 Å². The second-order valence-corrected chi connectivity index (χ2v) is 5.70. The van der Waals surface area contributed by atoms with E-state index in [2.05, 4.69) is 0 Å². The van der Waals surface area contributed by atoms with Crippen molar-refractivity contribution in [3.05, 3.63) is 29.1 Å². The van der Waals surface area contributed by atoms with Crippen LogP contribution >= 0.6 is 10.7 Å². The standard InChI is InChI=1S/C8H8ClFO3S/c1-5-2-7(11)3-6(8(5)10)4-14(9,12)13/h2-3,11H,4H2,1H3. The molecule has 0 unspecified atom stereocenters. The van der Waals surface area contributed by atoms with Gasteiger partial charge in [-0.2, -0.15) is 0 Å². The summed E-state index contributed by atoms with van der Waals surface area (Å²) < 4.78 is 34.7. The molecule has 0 aliphatic carbocycles. The number of halogens is 2. The molecule has 0 saturated carbocycles. The second kappa shape index (κ2) is 3.74. The SMILES string of the molecule is Cc1cc(O)cc(CS(=O)(=O)Cl)c1F. The number of aromatic hydroxyl groups is 1. The molecule has 0 fully saturated rings. The molecule has 78 valence electrons. The monoisotopic (exact) mass is 238 g/mol. The molecule has 1 rings (SSSR count). The van der Waals surface area contributed by atoms with E-state index in [9.17, 15) is 12.8 Å². The van der Waals surface area contributed by atoms with Gasteiger partial charge in [-0.3, -0.25) is 0 Å². The summed E-state index contributed by atoms with van der Waals surface area (Å²) >= 11 is 0. The molecule has 6 heteroatoms. The van der Waals surface area contributed by atoms with Crippen molar-refractivity contribution in [3.63, 3.8) is 0 Å². The van der Waals surface area contributed by atoms with E-state index in [4.69, 9.17) is 15.8 Å². The Morgan fingerprint density at radius 3 is 2.57 bits per heavy atom. The Labute approximate surface area is 85.6 Å². The molecule has 0 amide bonds. The van der Waals surface area contributed by atoms with Crippen molar-refractivity contribution in [2.24, 2.45) is 0 Å². The summed E-state index contributed by atoms with van der Waals surface area (Å²) in [5, 5.41) is 9.11. The van der Waals surface area contributed by atoms with Gasteiger partial charge in [0.15, 0.2) is 0 Å². The molecule has 1 aromatic carbocycles. The van der Waals surface area contributed by atoms with Gasteiger partial charge in [-0.1, -0.05) is 0 Å². The summed E-state index contributed by atoms with van der Waals surface area (Å²) in [7, 11) is 1.16. The first-order valence-electron chi connectivity index (χ1n) is 3.70. The van der Waals surface area contributed by atoms with Crippen molar-refractivity contribution in [3.8, 4) is 5.75 Å². The Morgan fingerprint density at radius 1 is 1.50 bits per heavy atom. The maximum Gasteiger partial charge on any atom is 0.236 e. The van der Waals surface area contributed by atoms with E-state index < -0.39 is 20.6 Å². The van der Waals surface area contributed by atoms with Crippen LogP contribution < -0.4 is 0 Å². The summed E-state index contributed by atoms with van der Waals surface area (Å²) in [5.41, 5.74) is 0.0535. The molecule has 0 heterocycles. The smallest absolute Gasteiger partial charge is 0.236 e. The topological polar surface area (TPSA) is 54.4 Å². The number of phenols is 1. The molecule has 0 bridgehead atoms. The minimum Gasteiger partial charge on any atom is -0.508 e. The molecule has 0 radical (unpaired) electrons. The predicted octanol–water partition coefficient (Wildman–Crippen LogP) is 1.91. The molecule has 1 N–H and O–H groups in total. The van der Waals surface area contributed by atoms with Gasteiger partial charge in [-0.05, 0) is 24.6 Å². The average molecular weight is 239 g/mol. The summed E-state index contributed by atoms with van der Waals surface area (Å²) in [5.74, 6) is -1.47. The van der Waals surface area contributed by atoms with Crippen LogP contribution in [0.2, 0.25) is 0 Å². The number of hydrogen-bond donors (Lipinski definition) is 1. The lowest BCUT2D eigenvalue weighted by atomic mass is 10.1. The third-order valence-electron chi connectivity index (χ3n) is 1.64. The number of phenolic OH excluding ortho intramolecular Hbond substituents is 1. The fourth-order valence-electron chi connectivity index (χ4n) is 1.11. The van der Waals surface area contributed by atoms with Crippen LogP contribution in [-0.4, -0.2) is 13.5 Å². The zero-order chi connectivity index (χ0) is 10.9. The van der Waals surface area contributed by atoms with Gasteiger partial charge < -0.3 is 5.11 Å². The Kier molecular flexibility index (Phi) is 3.01. The molecule has 0 aromatic heterocycles. The average Bonchev–Trinajstić information content (AvgIpc) is 1.96. The quantitative estimate of drug-likeness (QED) is 0.801. The van der Waals surface area contributed by atoms with E-state index in [0.29, 0.717) is 0 Å². The maximum absolute atomic E-state index is 13.3. The first kappa shape index (κ1) is 11.3. The van der Waals surface area contributed by atoms with Gasteiger partial charge >= 0.3 is 0 Å². The fraction of sp³-hybridized carbons (Fsp3) is 0.250. The van der Waals surface area contributed by atoms with Crippen LogP contribution in [0.15, 0.2) is 12.1 Å². The summed E-state index contributed by atoms with van der Waals surface area (Å²) in [4.78, 5) is 0. The van der Waals surface area contributed by atoms with Crippen molar-refractivity contribution >= 4 is 19.7 Å². The number of aryl methyl sites for hydroxylation is 1. The first-order valence-corrected chi connectivity index (χ1v) is 6.18. The van der Waals surface area contributed by atoms with E-state index in [1.807, 2.05) is 0 Å². The summed E-state index contributed by atoms with van der Waals surface area (Å²) in [6, 6.07) is 2.25. The highest BCUT2D eigenvalue weighted by Gasteiger charge is 2.14. The number of hydrogen-bond acceptors (Lipinski definition) is 3. The van der Waals surface area contributed by atoms with Gasteiger partial charge in [0.25, 0.3) is 0 Å². The zero-order valence-corrected chi connectivity index (χ0v) is 8.86. The summed E-state index contributed by atoms with van der Waals surface area (Å²) in [6.45, 7) is 1.43. The highest BCUT2D eigenvalue weighted by molar-refractivity contribution is 8.13. The van der Waals surface area contributed by atoms with Crippen molar-refractivity contribution in [1.82, 2.24) is 0 Å². The first-order chi connectivity index (χ1) is 6.29. The molecular weight excluding hydrogens is 231 g/mol. The van der Waals surface area contributed by atoms with E-state index in [0.717, 1.165) is 6.07 Å². The molecule has 14 heavy (non-hydrogen) atoms. The molecule has 0 aliphatic heterocycles. The van der Waals surface area contributed by atoms with Crippen LogP contribution in [0.4, 0.5) is 4.39 Å². The predicted molar refractivity (Wildman–Crippen MR) is 51.3 cm³/mol. The Hall–Kier alpha value is -0.810. The van der Waals surface area contributed by atoms with E-state index >= 15 is 0 Å². The second-order valence-electron chi connectivity index (χ2n) is 2.92. The van der Waals surface area contributed by atoms with Gasteiger partial charge in [-0.15, -0.1) is 0 Å². The lowest BCUT2D eigenvalue weighted by Gasteiger charge is -2.04. The third kappa shape index (κ3) is 2.85. The minimum atomic E-state index is -3.81. The van der Waals surface area contributed by atoms with Crippen molar-refractivity contribution in [1.29, 1.82) is 0 Å². The van der Waals surface area contributed by atoms with E-state index in [-0.39, 0.29) is 16.9 Å². The van der Waals surface area contributed by atoms with Crippen molar-refractivity contribution in [2.45, 2.75) is 12.7 Å². The molecule has 0 spiro atoms. The molecule has 0 aliphatic rings. The lowest BCUT2D eigenvalue weighted by Crippen LogP contribution is -1.99. The highest BCUT2D eigenvalue weighted by atomic mass is 35.7. The van der Waals surface area contributed by atoms with Gasteiger partial charge in [0.1, 0.15) is 11.6 Å². The molecule has 1 aromatic rings. The van der Waals surface area contributed by atoms with Crippen LogP contribution in [0.25, 0.3) is 0 Å². The minimum absolute atomic E-state index is 0.127. The van der Waals surface area contributed by atoms with Crippen molar-refractivity contribution in [2.75, 3.05) is 0 Å². The van der Waals surface area contributed by atoms with Crippen LogP contribution in [0.1, 0.15) is 11.1 Å². The molecular formula is C8H8ClFO3S. The Balaban J connectivity index is 3.22. The normalized spacial score (nSPS) is 11.6. The van der Waals surface area contributed by atoms with Gasteiger partial charge in [-0.25, -0.2) is 12.8 Å². The number of benzene rings is 1. The molecule has 0 atom stereocenters. The van der Waals surface area contributed by atoms with Crippen LogP contribution in [0.3, 0.4) is 0 Å². The van der Waals surface area contributed by atoms with E-state index in [1.165, 1.54) is 13.0 Å². The molecule has 3 nitrogen and oxygen atoms in total. The van der Waals surface area contributed by atoms with Crippen molar-refractivity contribution < 1.29 is 17.9 Å². The Bertz CT molecular complexity index is 456. The largest absolute Gasteiger partial charge is 0.508 e. The van der Waals surface area contributed by atoms with E-state index in [1.54, 1.807) is 0 Å². The summed E-state index contributed by atoms with van der Waals surface area (Å²) in [6.07, 6.45) is 0. The maximum atomic E-state index is 13.3. The van der Waals surface area contributed by atoms with Gasteiger partial charge in [0.05, 0.1) is 5.75 Å². The third-order valence-corrected chi connectivity index (χ3v) is 2.63. The van der Waals surface area contributed by atoms with Gasteiger partial charge in [0, 0.05) is 16.2 Å². The highest BCUT2D eigenvalue weighted by Crippen LogP contribution is 2.22. The lowest BCUT2D eigenvalue weighted by molar-refractivity contribution is 0.471. The van der Waals surface area contributed by atoms with Crippen LogP contribution in [0.5, 0.6) is 5.75 Å². The number of rotatable bonds is 2. The van der Waals surface area contributed by atoms with Crippen LogP contribution in [-0.2, 0) is 14.8 Å². The zero-order valence-electron chi connectivity index (χ0n) is 7.29.